The number of anilines is 2. The zero-order chi connectivity index (χ0) is 27.7. The number of nitrogens with zero attached hydrogens (tertiary/aromatic N) is 1. The molecule has 0 aliphatic carbocycles. The van der Waals surface area contributed by atoms with Gasteiger partial charge in [-0.05, 0) is 67.9 Å². The van der Waals surface area contributed by atoms with E-state index in [4.69, 9.17) is 17.3 Å². The van der Waals surface area contributed by atoms with Crippen LogP contribution in [0.15, 0.2) is 48.5 Å². The first kappa shape index (κ1) is 29.5. The van der Waals surface area contributed by atoms with Gasteiger partial charge >= 0.3 is 0 Å². The molecule has 8 heteroatoms. The molecule has 206 valence electrons. The molecule has 4 N–H and O–H groups in total. The normalized spacial score (nSPS) is 17.6. The molecule has 1 saturated heterocycles. The van der Waals surface area contributed by atoms with Crippen LogP contribution >= 0.6 is 11.6 Å². The molecule has 0 radical (unpaired) electrons. The minimum absolute atomic E-state index is 0.0882. The van der Waals surface area contributed by atoms with Gasteiger partial charge in [-0.2, -0.15) is 0 Å². The highest BCUT2D eigenvalue weighted by Crippen LogP contribution is 2.27. The lowest BCUT2D eigenvalue weighted by Crippen LogP contribution is -2.50. The molecule has 3 rings (SSSR count). The van der Waals surface area contributed by atoms with Crippen LogP contribution < -0.4 is 16.4 Å². The maximum atomic E-state index is 13.6. The average Bonchev–Trinajstić information content (AvgIpc) is 3.04. The Balaban J connectivity index is 1.72. The predicted molar refractivity (Wildman–Crippen MR) is 153 cm³/mol. The van der Waals surface area contributed by atoms with Crippen LogP contribution in [0.1, 0.15) is 64.9 Å². The Morgan fingerprint density at radius 1 is 1.11 bits per heavy atom. The number of hydrogen-bond acceptors (Lipinski definition) is 4. The van der Waals surface area contributed by atoms with Crippen molar-refractivity contribution >= 4 is 40.7 Å². The van der Waals surface area contributed by atoms with E-state index in [1.54, 1.807) is 0 Å². The number of nitrogens with two attached hydrogens (primary N) is 1. The molecular weight excluding hydrogens is 500 g/mol. The van der Waals surface area contributed by atoms with Crippen molar-refractivity contribution in [2.75, 3.05) is 11.9 Å². The molecule has 0 saturated carbocycles. The zero-order valence-electron chi connectivity index (χ0n) is 22.7. The van der Waals surface area contributed by atoms with Crippen molar-refractivity contribution < 1.29 is 14.4 Å². The molecule has 1 fully saturated rings. The predicted octanol–water partition coefficient (Wildman–Crippen LogP) is 5.64. The fourth-order valence-electron chi connectivity index (χ4n) is 5.18. The summed E-state index contributed by atoms with van der Waals surface area (Å²) in [6.45, 7) is 7.10. The van der Waals surface area contributed by atoms with Gasteiger partial charge in [0.1, 0.15) is 6.04 Å². The summed E-state index contributed by atoms with van der Waals surface area (Å²) in [7, 11) is 0. The molecule has 3 atom stereocenters. The van der Waals surface area contributed by atoms with Gasteiger partial charge in [0.05, 0.1) is 10.7 Å². The standard InChI is InChI=1S/C30H41ClN4O3/c1-4-10-23(28(32)36)24(17-20(2)3)29(37)34-27-15-7-8-16-35(30(27)38)19-21-11-9-12-22(18-21)33-26-14-6-5-13-25(26)31/h5-6,9,11-14,18,20,23-24,27,33H,4,7-8,10,15-17,19H2,1-3H3,(H2,32,36)(H,34,37)/t23-,24+,27-/m0/s1. The highest BCUT2D eigenvalue weighted by atomic mass is 35.5. The van der Waals surface area contributed by atoms with Gasteiger partial charge in [-0.3, -0.25) is 14.4 Å². The number of halogens is 1. The van der Waals surface area contributed by atoms with Crippen molar-refractivity contribution in [3.63, 3.8) is 0 Å². The van der Waals surface area contributed by atoms with Gasteiger partial charge in [0.15, 0.2) is 0 Å². The molecule has 38 heavy (non-hydrogen) atoms. The van der Waals surface area contributed by atoms with E-state index >= 15 is 0 Å². The van der Waals surface area contributed by atoms with Crippen LogP contribution in [0, 0.1) is 17.8 Å². The summed E-state index contributed by atoms with van der Waals surface area (Å²) < 4.78 is 0. The van der Waals surface area contributed by atoms with E-state index in [0.29, 0.717) is 37.4 Å². The van der Waals surface area contributed by atoms with Crippen LogP contribution in [0.3, 0.4) is 0 Å². The van der Waals surface area contributed by atoms with Gasteiger partial charge in [0.2, 0.25) is 17.7 Å². The van der Waals surface area contributed by atoms with Crippen molar-refractivity contribution in [1.29, 1.82) is 0 Å². The van der Waals surface area contributed by atoms with Crippen LogP contribution in [0.5, 0.6) is 0 Å². The van der Waals surface area contributed by atoms with Gasteiger partial charge in [0.25, 0.3) is 0 Å². The summed E-state index contributed by atoms with van der Waals surface area (Å²) >= 11 is 6.29. The van der Waals surface area contributed by atoms with Crippen LogP contribution in [0.4, 0.5) is 11.4 Å². The van der Waals surface area contributed by atoms with Crippen LogP contribution in [0.25, 0.3) is 0 Å². The van der Waals surface area contributed by atoms with E-state index in [1.165, 1.54) is 0 Å². The molecule has 1 aliphatic rings. The third kappa shape index (κ3) is 8.22. The van der Waals surface area contributed by atoms with E-state index in [-0.39, 0.29) is 17.7 Å². The highest BCUT2D eigenvalue weighted by molar-refractivity contribution is 6.33. The minimum Gasteiger partial charge on any atom is -0.369 e. The van der Waals surface area contributed by atoms with Gasteiger partial charge < -0.3 is 21.3 Å². The average molecular weight is 541 g/mol. The van der Waals surface area contributed by atoms with E-state index in [9.17, 15) is 14.4 Å². The quantitative estimate of drug-likeness (QED) is 0.324. The van der Waals surface area contributed by atoms with Gasteiger partial charge in [-0.25, -0.2) is 0 Å². The number of nitrogens with one attached hydrogen (secondary N) is 2. The molecule has 0 spiro atoms. The summed E-state index contributed by atoms with van der Waals surface area (Å²) in [6.07, 6.45) is 4.16. The Kier molecular flexibility index (Phi) is 11.0. The molecular formula is C30H41ClN4O3. The minimum atomic E-state index is -0.612. The first-order valence-electron chi connectivity index (χ1n) is 13.7. The van der Waals surface area contributed by atoms with Crippen molar-refractivity contribution in [3.05, 3.63) is 59.1 Å². The number of amides is 3. The number of likely N-dealkylation sites (tertiary alicyclic amines) is 1. The number of primary amides is 1. The van der Waals surface area contributed by atoms with Crippen LogP contribution in [-0.2, 0) is 20.9 Å². The molecule has 2 aromatic rings. The lowest BCUT2D eigenvalue weighted by atomic mass is 9.81. The Morgan fingerprint density at radius 2 is 1.87 bits per heavy atom. The zero-order valence-corrected chi connectivity index (χ0v) is 23.5. The smallest absolute Gasteiger partial charge is 0.245 e. The monoisotopic (exact) mass is 540 g/mol. The largest absolute Gasteiger partial charge is 0.369 e. The molecule has 7 nitrogen and oxygen atoms in total. The SMILES string of the molecule is CCC[C@H](C(N)=O)[C@@H](CC(C)C)C(=O)N[C@H]1CCCCN(Cc2cccc(Nc3ccccc3Cl)c2)C1=O. The Hall–Kier alpha value is -3.06. The summed E-state index contributed by atoms with van der Waals surface area (Å²) in [4.78, 5) is 41.0. The lowest BCUT2D eigenvalue weighted by molar-refractivity contribution is -0.139. The third-order valence-electron chi connectivity index (χ3n) is 7.06. The van der Waals surface area contributed by atoms with Crippen molar-refractivity contribution in [1.82, 2.24) is 10.2 Å². The topological polar surface area (TPSA) is 105 Å². The highest BCUT2D eigenvalue weighted by Gasteiger charge is 2.35. The fourth-order valence-corrected chi connectivity index (χ4v) is 5.36. The second-order valence-corrected chi connectivity index (χ2v) is 11.1. The third-order valence-corrected chi connectivity index (χ3v) is 7.39. The van der Waals surface area contributed by atoms with E-state index < -0.39 is 23.8 Å². The molecule has 0 unspecified atom stereocenters. The molecule has 1 heterocycles. The summed E-state index contributed by atoms with van der Waals surface area (Å²) in [5, 5.41) is 6.98. The molecule has 0 bridgehead atoms. The number of benzene rings is 2. The van der Waals surface area contributed by atoms with E-state index in [1.807, 2.05) is 74.2 Å². The van der Waals surface area contributed by atoms with E-state index in [0.717, 1.165) is 36.2 Å². The fraction of sp³-hybridized carbons (Fsp3) is 0.500. The van der Waals surface area contributed by atoms with Crippen molar-refractivity contribution in [3.8, 4) is 0 Å². The molecule has 2 aromatic carbocycles. The van der Waals surface area contributed by atoms with Crippen LogP contribution in [0.2, 0.25) is 5.02 Å². The number of rotatable bonds is 12. The second kappa shape index (κ2) is 14.2. The first-order chi connectivity index (χ1) is 18.2. The number of hydrogen-bond donors (Lipinski definition) is 3. The Morgan fingerprint density at radius 3 is 2.55 bits per heavy atom. The summed E-state index contributed by atoms with van der Waals surface area (Å²) in [5.41, 5.74) is 8.37. The van der Waals surface area contributed by atoms with Crippen LogP contribution in [-0.4, -0.2) is 35.2 Å². The maximum absolute atomic E-state index is 13.6. The maximum Gasteiger partial charge on any atom is 0.245 e. The Labute approximate surface area is 231 Å². The lowest BCUT2D eigenvalue weighted by Gasteiger charge is -2.29. The number of para-hydroxylation sites is 1. The Bertz CT molecular complexity index is 1110. The summed E-state index contributed by atoms with van der Waals surface area (Å²) in [6, 6.07) is 14.8. The van der Waals surface area contributed by atoms with Gasteiger partial charge in [0, 0.05) is 30.6 Å². The number of carbonyl (C=O) groups is 3. The first-order valence-corrected chi connectivity index (χ1v) is 14.1. The van der Waals surface area contributed by atoms with E-state index in [2.05, 4.69) is 10.6 Å². The van der Waals surface area contributed by atoms with Crippen molar-refractivity contribution in [2.24, 2.45) is 23.5 Å². The summed E-state index contributed by atoms with van der Waals surface area (Å²) in [5.74, 6) is -1.64. The molecule has 0 aromatic heterocycles. The second-order valence-electron chi connectivity index (χ2n) is 10.7. The van der Waals surface area contributed by atoms with Crippen molar-refractivity contribution in [2.45, 2.75) is 71.9 Å². The van der Waals surface area contributed by atoms with Gasteiger partial charge in [-0.1, -0.05) is 63.1 Å². The van der Waals surface area contributed by atoms with Gasteiger partial charge in [-0.15, -0.1) is 0 Å². The number of carbonyl (C=O) groups excluding carboxylic acids is 3. The molecule has 3 amide bonds. The molecule has 1 aliphatic heterocycles.